The van der Waals surface area contributed by atoms with E-state index in [-0.39, 0.29) is 5.56 Å². The third-order valence-corrected chi connectivity index (χ3v) is 2.94. The van der Waals surface area contributed by atoms with Gasteiger partial charge in [0.2, 0.25) is 0 Å². The molecule has 0 unspecified atom stereocenters. The molecule has 2 aromatic rings. The van der Waals surface area contributed by atoms with E-state index in [1.807, 2.05) is 0 Å². The molecule has 0 radical (unpaired) electrons. The highest BCUT2D eigenvalue weighted by atomic mass is 19.4. The van der Waals surface area contributed by atoms with Crippen molar-refractivity contribution in [3.63, 3.8) is 0 Å². The molecule has 3 N–H and O–H groups in total. The van der Waals surface area contributed by atoms with Crippen LogP contribution in [0.2, 0.25) is 0 Å². The minimum Gasteiger partial charge on any atom is -0.271 e. The van der Waals surface area contributed by atoms with Crippen LogP contribution < -0.4 is 11.3 Å². The molecule has 0 saturated carbocycles. The largest absolute Gasteiger partial charge is 0.419 e. The monoisotopic (exact) mass is 284 g/mol. The minimum absolute atomic E-state index is 0.145. The van der Waals surface area contributed by atoms with E-state index < -0.39 is 23.6 Å². The Balaban J connectivity index is 2.52. The quantitative estimate of drug-likeness (QED) is 0.515. The van der Waals surface area contributed by atoms with Gasteiger partial charge in [0, 0.05) is 5.56 Å². The first-order valence-electron chi connectivity index (χ1n) is 5.82. The highest BCUT2D eigenvalue weighted by Gasteiger charge is 2.35. The van der Waals surface area contributed by atoms with Gasteiger partial charge < -0.3 is 0 Å². The first-order chi connectivity index (χ1) is 9.45. The summed E-state index contributed by atoms with van der Waals surface area (Å²) in [7, 11) is 0. The average molecular weight is 284 g/mol. The molecule has 0 spiro atoms. The zero-order valence-electron chi connectivity index (χ0n) is 10.3. The Morgan fingerprint density at radius 3 is 2.15 bits per heavy atom. The van der Waals surface area contributed by atoms with Crippen molar-refractivity contribution in [3.05, 3.63) is 71.0 Å². The van der Waals surface area contributed by atoms with Crippen LogP contribution in [0.5, 0.6) is 0 Å². The van der Waals surface area contributed by atoms with Crippen molar-refractivity contribution in [2.75, 3.05) is 0 Å². The molecule has 2 rings (SSSR count). The molecule has 0 saturated heterocycles. The maximum Gasteiger partial charge on any atom is 0.419 e. The first kappa shape index (κ1) is 14.5. The van der Waals surface area contributed by atoms with Crippen molar-refractivity contribution in [2.24, 2.45) is 5.84 Å². The summed E-state index contributed by atoms with van der Waals surface area (Å²) in [6.45, 7) is 0. The molecule has 2 aromatic carbocycles. The number of halogens is 4. The van der Waals surface area contributed by atoms with Crippen LogP contribution in [0.3, 0.4) is 0 Å². The number of hydrogen-bond donors (Lipinski definition) is 2. The number of nitrogens with two attached hydrogens (primary N) is 1. The second-order valence-electron chi connectivity index (χ2n) is 4.22. The fourth-order valence-corrected chi connectivity index (χ4v) is 2.00. The Morgan fingerprint density at radius 1 is 0.950 bits per heavy atom. The minimum atomic E-state index is -4.74. The number of alkyl halides is 3. The topological polar surface area (TPSA) is 38.0 Å². The molecule has 0 heterocycles. The van der Waals surface area contributed by atoms with Gasteiger partial charge in [0.15, 0.2) is 0 Å². The molecule has 0 aliphatic heterocycles. The van der Waals surface area contributed by atoms with Crippen LogP contribution in [0.1, 0.15) is 22.7 Å². The second-order valence-corrected chi connectivity index (χ2v) is 4.22. The van der Waals surface area contributed by atoms with Crippen molar-refractivity contribution < 1.29 is 17.6 Å². The third kappa shape index (κ3) is 2.81. The number of hydrogen-bond acceptors (Lipinski definition) is 2. The van der Waals surface area contributed by atoms with Crippen LogP contribution in [-0.4, -0.2) is 0 Å². The molecule has 106 valence electrons. The summed E-state index contributed by atoms with van der Waals surface area (Å²) in [5.74, 6) is 4.05. The van der Waals surface area contributed by atoms with Crippen molar-refractivity contribution in [1.82, 2.24) is 5.43 Å². The number of rotatable bonds is 3. The lowest BCUT2D eigenvalue weighted by molar-refractivity contribution is -0.140. The predicted molar refractivity (Wildman–Crippen MR) is 67.0 cm³/mol. The van der Waals surface area contributed by atoms with Crippen molar-refractivity contribution >= 4 is 0 Å². The molecule has 6 heteroatoms. The van der Waals surface area contributed by atoms with Gasteiger partial charge >= 0.3 is 6.18 Å². The van der Waals surface area contributed by atoms with Gasteiger partial charge in [0.25, 0.3) is 0 Å². The summed E-state index contributed by atoms with van der Waals surface area (Å²) in [4.78, 5) is 0. The van der Waals surface area contributed by atoms with E-state index in [0.717, 1.165) is 6.07 Å². The Bertz CT molecular complexity index is 581. The molecule has 0 aromatic heterocycles. The highest BCUT2D eigenvalue weighted by molar-refractivity contribution is 5.36. The lowest BCUT2D eigenvalue weighted by atomic mass is 9.97. The summed E-state index contributed by atoms with van der Waals surface area (Å²) >= 11 is 0. The Kier molecular flexibility index (Phi) is 4.06. The van der Waals surface area contributed by atoms with Crippen molar-refractivity contribution in [1.29, 1.82) is 0 Å². The van der Waals surface area contributed by atoms with Crippen molar-refractivity contribution in [2.45, 2.75) is 12.2 Å². The van der Waals surface area contributed by atoms with Gasteiger partial charge in [-0.1, -0.05) is 42.5 Å². The van der Waals surface area contributed by atoms with E-state index in [1.165, 1.54) is 6.07 Å². The van der Waals surface area contributed by atoms with Gasteiger partial charge in [-0.2, -0.15) is 13.2 Å². The standard InChI is InChI=1S/C14H12F4N2/c15-12-10(7-4-8-11(12)14(16,17)18)13(20-19)9-5-2-1-3-6-9/h1-8,13,20H,19H2/t13-/m1/s1. The highest BCUT2D eigenvalue weighted by Crippen LogP contribution is 2.35. The first-order valence-corrected chi connectivity index (χ1v) is 5.82. The fourth-order valence-electron chi connectivity index (χ4n) is 2.00. The van der Waals surface area contributed by atoms with Gasteiger partial charge in [-0.05, 0) is 11.6 Å². The molecule has 0 aliphatic carbocycles. The average Bonchev–Trinajstić information content (AvgIpc) is 2.41. The molecule has 2 nitrogen and oxygen atoms in total. The molecule has 1 atom stereocenters. The van der Waals surface area contributed by atoms with Gasteiger partial charge in [-0.15, -0.1) is 0 Å². The molecule has 20 heavy (non-hydrogen) atoms. The molecule has 0 aliphatic rings. The molecule has 0 bridgehead atoms. The van der Waals surface area contributed by atoms with Crippen molar-refractivity contribution in [3.8, 4) is 0 Å². The Morgan fingerprint density at radius 2 is 1.60 bits per heavy atom. The van der Waals surface area contributed by atoms with E-state index in [2.05, 4.69) is 5.43 Å². The van der Waals surface area contributed by atoms with Gasteiger partial charge in [-0.3, -0.25) is 5.84 Å². The lowest BCUT2D eigenvalue weighted by Crippen LogP contribution is -2.30. The van der Waals surface area contributed by atoms with E-state index in [9.17, 15) is 17.6 Å². The van der Waals surface area contributed by atoms with Crippen LogP contribution in [0.4, 0.5) is 17.6 Å². The summed E-state index contributed by atoms with van der Waals surface area (Å²) in [5, 5.41) is 0. The SMILES string of the molecule is NN[C@H](c1ccccc1)c1cccc(C(F)(F)F)c1F. The molecular formula is C14H12F4N2. The van der Waals surface area contributed by atoms with Gasteiger partial charge in [0.1, 0.15) is 5.82 Å². The van der Waals surface area contributed by atoms with Crippen LogP contribution in [-0.2, 0) is 6.18 Å². The summed E-state index contributed by atoms with van der Waals surface area (Å²) in [5.41, 5.74) is 1.48. The Hall–Kier alpha value is -1.92. The number of benzene rings is 2. The number of hydrazine groups is 1. The van der Waals surface area contributed by atoms with Crippen LogP contribution in [0.25, 0.3) is 0 Å². The normalized spacial score (nSPS) is 13.2. The van der Waals surface area contributed by atoms with E-state index in [4.69, 9.17) is 5.84 Å². The Labute approximate surface area is 113 Å². The predicted octanol–water partition coefficient (Wildman–Crippen LogP) is 3.40. The fraction of sp³-hybridized carbons (Fsp3) is 0.143. The third-order valence-electron chi connectivity index (χ3n) is 2.94. The molecule has 0 amide bonds. The van der Waals surface area contributed by atoms with E-state index in [0.29, 0.717) is 11.6 Å². The van der Waals surface area contributed by atoms with Crippen LogP contribution in [0, 0.1) is 5.82 Å². The smallest absolute Gasteiger partial charge is 0.271 e. The van der Waals surface area contributed by atoms with Crippen LogP contribution in [0.15, 0.2) is 48.5 Å². The van der Waals surface area contributed by atoms with Crippen LogP contribution >= 0.6 is 0 Å². The zero-order valence-corrected chi connectivity index (χ0v) is 10.3. The van der Waals surface area contributed by atoms with E-state index >= 15 is 0 Å². The summed E-state index contributed by atoms with van der Waals surface area (Å²) in [6.07, 6.45) is -4.74. The zero-order chi connectivity index (χ0) is 14.8. The number of nitrogens with one attached hydrogen (secondary N) is 1. The lowest BCUT2D eigenvalue weighted by Gasteiger charge is -2.19. The molecular weight excluding hydrogens is 272 g/mol. The van der Waals surface area contributed by atoms with Gasteiger partial charge in [0.05, 0.1) is 11.6 Å². The van der Waals surface area contributed by atoms with E-state index in [1.54, 1.807) is 30.3 Å². The molecule has 0 fully saturated rings. The van der Waals surface area contributed by atoms with Gasteiger partial charge in [-0.25, -0.2) is 9.82 Å². The summed E-state index contributed by atoms with van der Waals surface area (Å²) in [6, 6.07) is 10.8. The maximum atomic E-state index is 14.1. The maximum absolute atomic E-state index is 14.1. The second kappa shape index (κ2) is 5.60. The summed E-state index contributed by atoms with van der Waals surface area (Å²) < 4.78 is 52.2.